The van der Waals surface area contributed by atoms with Gasteiger partial charge in [0.2, 0.25) is 0 Å². The summed E-state index contributed by atoms with van der Waals surface area (Å²) in [6.07, 6.45) is 3.03. The quantitative estimate of drug-likeness (QED) is 0.680. The van der Waals surface area contributed by atoms with E-state index >= 15 is 0 Å². The molecule has 0 fully saturated rings. The van der Waals surface area contributed by atoms with Crippen LogP contribution in [0, 0.1) is 0 Å². The Labute approximate surface area is 157 Å². The number of nitrogens with zero attached hydrogens (tertiary/aromatic N) is 3. The monoisotopic (exact) mass is 360 g/mol. The predicted molar refractivity (Wildman–Crippen MR) is 105 cm³/mol. The van der Waals surface area contributed by atoms with Gasteiger partial charge in [0.05, 0.1) is 12.4 Å². The number of hydrogen-bond donors (Lipinski definition) is 1. The van der Waals surface area contributed by atoms with Crippen LogP contribution in [0.25, 0.3) is 0 Å². The van der Waals surface area contributed by atoms with Crippen molar-refractivity contribution in [3.8, 4) is 0 Å². The van der Waals surface area contributed by atoms with Crippen LogP contribution in [0.2, 0.25) is 0 Å². The molecule has 1 amide bonds. The van der Waals surface area contributed by atoms with Crippen molar-refractivity contribution in [3.63, 3.8) is 0 Å². The summed E-state index contributed by atoms with van der Waals surface area (Å²) in [7, 11) is 1.92. The molecule has 0 aliphatic heterocycles. The van der Waals surface area contributed by atoms with E-state index in [-0.39, 0.29) is 17.4 Å². The second-order valence-corrected chi connectivity index (χ2v) is 6.19. The van der Waals surface area contributed by atoms with Gasteiger partial charge in [-0.2, -0.15) is 0 Å². The molecule has 0 atom stereocenters. The van der Waals surface area contributed by atoms with Crippen LogP contribution in [-0.2, 0) is 6.54 Å². The van der Waals surface area contributed by atoms with Gasteiger partial charge in [0.1, 0.15) is 11.5 Å². The maximum absolute atomic E-state index is 12.3. The standard InChI is InChI=1S/C21H20N4O2/c1-15(26)17-8-10-18(11-9-17)24-21(27)19-12-23-20(13-22-19)25(2)14-16-6-4-3-5-7-16/h3-13H,14H2,1-2H3,(H,24,27). The fourth-order valence-corrected chi connectivity index (χ4v) is 2.56. The van der Waals surface area contributed by atoms with E-state index in [2.05, 4.69) is 15.3 Å². The van der Waals surface area contributed by atoms with Crippen molar-refractivity contribution in [1.29, 1.82) is 0 Å². The van der Waals surface area contributed by atoms with Crippen LogP contribution in [0.5, 0.6) is 0 Å². The lowest BCUT2D eigenvalue weighted by atomic mass is 10.1. The summed E-state index contributed by atoms with van der Waals surface area (Å²) < 4.78 is 0. The lowest BCUT2D eigenvalue weighted by molar-refractivity contribution is 0.101. The fourth-order valence-electron chi connectivity index (χ4n) is 2.56. The third-order valence-electron chi connectivity index (χ3n) is 4.07. The summed E-state index contributed by atoms with van der Waals surface area (Å²) in [6.45, 7) is 2.20. The number of carbonyl (C=O) groups is 2. The molecule has 0 unspecified atom stereocenters. The Hall–Kier alpha value is -3.54. The van der Waals surface area contributed by atoms with Crippen molar-refractivity contribution >= 4 is 23.2 Å². The van der Waals surface area contributed by atoms with Crippen molar-refractivity contribution in [2.75, 3.05) is 17.3 Å². The van der Waals surface area contributed by atoms with Crippen LogP contribution in [0.1, 0.15) is 33.3 Å². The molecule has 136 valence electrons. The van der Waals surface area contributed by atoms with Gasteiger partial charge in [-0.1, -0.05) is 30.3 Å². The molecule has 1 N–H and O–H groups in total. The number of anilines is 2. The van der Waals surface area contributed by atoms with Crippen molar-refractivity contribution in [2.24, 2.45) is 0 Å². The first-order valence-electron chi connectivity index (χ1n) is 8.52. The summed E-state index contributed by atoms with van der Waals surface area (Å²) in [4.78, 5) is 34.1. The van der Waals surface area contributed by atoms with Crippen LogP contribution < -0.4 is 10.2 Å². The molecule has 3 rings (SSSR count). The minimum absolute atomic E-state index is 0.0195. The van der Waals surface area contributed by atoms with Gasteiger partial charge in [-0.25, -0.2) is 9.97 Å². The molecule has 6 nitrogen and oxygen atoms in total. The molecule has 0 saturated carbocycles. The highest BCUT2D eigenvalue weighted by Gasteiger charge is 2.11. The Morgan fingerprint density at radius 3 is 2.26 bits per heavy atom. The second kappa shape index (κ2) is 8.23. The Morgan fingerprint density at radius 1 is 0.963 bits per heavy atom. The largest absolute Gasteiger partial charge is 0.354 e. The van der Waals surface area contributed by atoms with Crippen molar-refractivity contribution in [1.82, 2.24) is 9.97 Å². The van der Waals surface area contributed by atoms with E-state index in [0.717, 1.165) is 5.56 Å². The highest BCUT2D eigenvalue weighted by atomic mass is 16.2. The third kappa shape index (κ3) is 4.76. The van der Waals surface area contributed by atoms with Gasteiger partial charge in [0, 0.05) is 24.8 Å². The molecule has 27 heavy (non-hydrogen) atoms. The van der Waals surface area contributed by atoms with Crippen molar-refractivity contribution in [2.45, 2.75) is 13.5 Å². The number of nitrogens with one attached hydrogen (secondary N) is 1. The zero-order valence-electron chi connectivity index (χ0n) is 15.2. The first-order chi connectivity index (χ1) is 13.0. The maximum atomic E-state index is 12.3. The Balaban J connectivity index is 1.63. The molecule has 6 heteroatoms. The van der Waals surface area contributed by atoms with E-state index in [0.29, 0.717) is 23.6 Å². The van der Waals surface area contributed by atoms with Gasteiger partial charge in [0.25, 0.3) is 5.91 Å². The summed E-state index contributed by atoms with van der Waals surface area (Å²) >= 11 is 0. The number of carbonyl (C=O) groups excluding carboxylic acids is 2. The number of aromatic nitrogens is 2. The van der Waals surface area contributed by atoms with E-state index in [1.54, 1.807) is 30.5 Å². The van der Waals surface area contributed by atoms with E-state index in [9.17, 15) is 9.59 Å². The van der Waals surface area contributed by atoms with E-state index in [1.807, 2.05) is 42.3 Å². The van der Waals surface area contributed by atoms with Crippen molar-refractivity contribution in [3.05, 3.63) is 83.8 Å². The average Bonchev–Trinajstić information content (AvgIpc) is 2.69. The maximum Gasteiger partial charge on any atom is 0.275 e. The molecule has 3 aromatic rings. The van der Waals surface area contributed by atoms with Crippen LogP contribution in [0.4, 0.5) is 11.5 Å². The molecule has 0 spiro atoms. The molecule has 0 bridgehead atoms. The lowest BCUT2D eigenvalue weighted by Crippen LogP contribution is -2.19. The molecular weight excluding hydrogens is 340 g/mol. The normalized spacial score (nSPS) is 10.3. The lowest BCUT2D eigenvalue weighted by Gasteiger charge is -2.17. The SMILES string of the molecule is CC(=O)c1ccc(NC(=O)c2cnc(N(C)Cc3ccccc3)cn2)cc1. The average molecular weight is 360 g/mol. The van der Waals surface area contributed by atoms with E-state index < -0.39 is 0 Å². The number of ketones is 1. The first kappa shape index (κ1) is 18.3. The van der Waals surface area contributed by atoms with Crippen LogP contribution in [0.15, 0.2) is 67.0 Å². The van der Waals surface area contributed by atoms with Gasteiger partial charge in [-0.15, -0.1) is 0 Å². The number of rotatable bonds is 6. The molecule has 0 aliphatic carbocycles. The summed E-state index contributed by atoms with van der Waals surface area (Å²) in [6, 6.07) is 16.8. The summed E-state index contributed by atoms with van der Waals surface area (Å²) in [5, 5.41) is 2.75. The van der Waals surface area contributed by atoms with Gasteiger partial charge in [0.15, 0.2) is 5.78 Å². The number of hydrogen-bond acceptors (Lipinski definition) is 5. The zero-order chi connectivity index (χ0) is 19.2. The third-order valence-corrected chi connectivity index (χ3v) is 4.07. The van der Waals surface area contributed by atoms with Gasteiger partial charge in [-0.05, 0) is 36.8 Å². The number of Topliss-reactive ketones (excluding diaryl/α,β-unsaturated/α-hetero) is 1. The van der Waals surface area contributed by atoms with Crippen molar-refractivity contribution < 1.29 is 9.59 Å². The predicted octanol–water partition coefficient (Wildman–Crippen LogP) is 3.57. The Bertz CT molecular complexity index is 923. The minimum atomic E-state index is -0.352. The smallest absolute Gasteiger partial charge is 0.275 e. The van der Waals surface area contributed by atoms with Crippen LogP contribution >= 0.6 is 0 Å². The fraction of sp³-hybridized carbons (Fsp3) is 0.143. The molecule has 0 aliphatic rings. The first-order valence-corrected chi connectivity index (χ1v) is 8.52. The zero-order valence-corrected chi connectivity index (χ0v) is 15.2. The van der Waals surface area contributed by atoms with E-state index in [4.69, 9.17) is 0 Å². The molecule has 0 saturated heterocycles. The Morgan fingerprint density at radius 2 is 1.67 bits per heavy atom. The van der Waals surface area contributed by atoms with Gasteiger partial charge >= 0.3 is 0 Å². The van der Waals surface area contributed by atoms with Crippen LogP contribution in [-0.4, -0.2) is 28.7 Å². The summed E-state index contributed by atoms with van der Waals surface area (Å²) in [5.41, 5.74) is 2.58. The molecule has 2 aromatic carbocycles. The van der Waals surface area contributed by atoms with E-state index in [1.165, 1.54) is 13.1 Å². The molecule has 0 radical (unpaired) electrons. The topological polar surface area (TPSA) is 75.2 Å². The van der Waals surface area contributed by atoms with Crippen LogP contribution in [0.3, 0.4) is 0 Å². The Kier molecular flexibility index (Phi) is 5.56. The van der Waals surface area contributed by atoms with Gasteiger partial charge < -0.3 is 10.2 Å². The highest BCUT2D eigenvalue weighted by molar-refractivity contribution is 6.03. The van der Waals surface area contributed by atoms with Gasteiger partial charge in [-0.3, -0.25) is 9.59 Å². The number of benzene rings is 2. The minimum Gasteiger partial charge on any atom is -0.354 e. The second-order valence-electron chi connectivity index (χ2n) is 6.19. The molecular formula is C21H20N4O2. The highest BCUT2D eigenvalue weighted by Crippen LogP contribution is 2.14. The number of amides is 1. The summed E-state index contributed by atoms with van der Waals surface area (Å²) in [5.74, 6) is 0.311. The molecule has 1 heterocycles. The molecule has 1 aromatic heterocycles.